The van der Waals surface area contributed by atoms with Gasteiger partial charge in [0.15, 0.2) is 0 Å². The first-order valence-electron chi connectivity index (χ1n) is 7.07. The van der Waals surface area contributed by atoms with Crippen molar-refractivity contribution in [3.05, 3.63) is 65.7 Å². The zero-order valence-electron chi connectivity index (χ0n) is 12.0. The van der Waals surface area contributed by atoms with Gasteiger partial charge >= 0.3 is 0 Å². The van der Waals surface area contributed by atoms with Gasteiger partial charge in [-0.2, -0.15) is 0 Å². The average molecular weight is 307 g/mol. The van der Waals surface area contributed by atoms with E-state index in [0.29, 0.717) is 10.6 Å². The van der Waals surface area contributed by atoms with Gasteiger partial charge in [-0.15, -0.1) is 11.8 Å². The van der Waals surface area contributed by atoms with Gasteiger partial charge in [0.25, 0.3) is 0 Å². The second kappa shape index (κ2) is 8.15. The second-order valence-corrected chi connectivity index (χ2v) is 5.86. The molecule has 0 aliphatic carbocycles. The van der Waals surface area contributed by atoms with Crippen molar-refractivity contribution < 1.29 is 8.78 Å². The molecule has 2 aromatic rings. The van der Waals surface area contributed by atoms with Crippen molar-refractivity contribution in [2.45, 2.75) is 24.3 Å². The van der Waals surface area contributed by atoms with Gasteiger partial charge in [0.1, 0.15) is 11.6 Å². The number of hydrogen-bond acceptors (Lipinski definition) is 2. The largest absolute Gasteiger partial charge is 0.309 e. The second-order valence-electron chi connectivity index (χ2n) is 4.80. The Hall–Kier alpha value is -1.39. The van der Waals surface area contributed by atoms with E-state index >= 15 is 0 Å². The molecule has 0 spiro atoms. The van der Waals surface area contributed by atoms with E-state index in [1.54, 1.807) is 0 Å². The summed E-state index contributed by atoms with van der Waals surface area (Å²) in [5.41, 5.74) is 1.18. The Morgan fingerprint density at radius 2 is 1.86 bits per heavy atom. The minimum Gasteiger partial charge on any atom is -0.309 e. The molecule has 0 amide bonds. The van der Waals surface area contributed by atoms with E-state index in [0.717, 1.165) is 19.0 Å². The highest BCUT2D eigenvalue weighted by Gasteiger charge is 2.12. The molecule has 0 radical (unpaired) electrons. The summed E-state index contributed by atoms with van der Waals surface area (Å²) in [6, 6.07) is 14.0. The number of thioether (sulfide) groups is 1. The molecular formula is C17H19F2NS. The number of benzene rings is 2. The molecule has 112 valence electrons. The maximum absolute atomic E-state index is 13.7. The minimum atomic E-state index is -0.541. The van der Waals surface area contributed by atoms with Crippen LogP contribution in [0.2, 0.25) is 0 Å². The summed E-state index contributed by atoms with van der Waals surface area (Å²) in [6.45, 7) is 3.02. The maximum Gasteiger partial charge on any atom is 0.139 e. The van der Waals surface area contributed by atoms with Crippen LogP contribution >= 0.6 is 11.8 Å². The van der Waals surface area contributed by atoms with Crippen molar-refractivity contribution in [2.75, 3.05) is 12.3 Å². The van der Waals surface area contributed by atoms with Gasteiger partial charge in [-0.1, -0.05) is 37.3 Å². The van der Waals surface area contributed by atoms with Crippen LogP contribution in [0, 0.1) is 11.6 Å². The Morgan fingerprint density at radius 1 is 1.10 bits per heavy atom. The van der Waals surface area contributed by atoms with Crippen molar-refractivity contribution in [3.8, 4) is 0 Å². The summed E-state index contributed by atoms with van der Waals surface area (Å²) in [6.07, 6.45) is 1.04. The van der Waals surface area contributed by atoms with Gasteiger partial charge in [0.05, 0.1) is 0 Å². The third-order valence-electron chi connectivity index (χ3n) is 3.14. The van der Waals surface area contributed by atoms with Crippen molar-refractivity contribution in [3.63, 3.8) is 0 Å². The topological polar surface area (TPSA) is 12.0 Å². The quantitative estimate of drug-likeness (QED) is 0.738. The Bertz CT molecular complexity index is 560. The molecule has 1 nitrogen and oxygen atoms in total. The predicted molar refractivity (Wildman–Crippen MR) is 84.6 cm³/mol. The Labute approximate surface area is 128 Å². The lowest BCUT2D eigenvalue weighted by molar-refractivity contribution is 0.563. The van der Waals surface area contributed by atoms with Crippen LogP contribution in [0.1, 0.15) is 24.9 Å². The molecule has 0 heterocycles. The highest BCUT2D eigenvalue weighted by Crippen LogP contribution is 2.27. The molecule has 2 aromatic carbocycles. The smallest absolute Gasteiger partial charge is 0.139 e. The molecule has 4 heteroatoms. The molecule has 1 atom stereocenters. The molecule has 0 aliphatic rings. The number of hydrogen-bond donors (Lipinski definition) is 1. The van der Waals surface area contributed by atoms with Crippen LogP contribution in [0.25, 0.3) is 0 Å². The molecule has 0 saturated heterocycles. The Balaban J connectivity index is 2.05. The van der Waals surface area contributed by atoms with Crippen molar-refractivity contribution in [1.29, 1.82) is 0 Å². The van der Waals surface area contributed by atoms with Gasteiger partial charge in [0.2, 0.25) is 0 Å². The minimum absolute atomic E-state index is 0.153. The highest BCUT2D eigenvalue weighted by molar-refractivity contribution is 7.99. The van der Waals surface area contributed by atoms with E-state index in [-0.39, 0.29) is 6.04 Å². The van der Waals surface area contributed by atoms with Gasteiger partial charge in [-0.25, -0.2) is 8.78 Å². The fourth-order valence-corrected chi connectivity index (χ4v) is 3.06. The van der Waals surface area contributed by atoms with Gasteiger partial charge in [-0.05, 0) is 30.7 Å². The maximum atomic E-state index is 13.7. The zero-order valence-corrected chi connectivity index (χ0v) is 12.8. The summed E-state index contributed by atoms with van der Waals surface area (Å²) in [5, 5.41) is 3.47. The van der Waals surface area contributed by atoms with Crippen molar-refractivity contribution in [2.24, 2.45) is 0 Å². The molecular weight excluding hydrogens is 288 g/mol. The Morgan fingerprint density at radius 3 is 2.52 bits per heavy atom. The van der Waals surface area contributed by atoms with Crippen LogP contribution in [-0.2, 0) is 0 Å². The number of rotatable bonds is 7. The van der Waals surface area contributed by atoms with Crippen LogP contribution in [-0.4, -0.2) is 12.3 Å². The fraction of sp³-hybridized carbons (Fsp3) is 0.294. The molecule has 1 N–H and O–H groups in total. The average Bonchev–Trinajstić information content (AvgIpc) is 2.50. The van der Waals surface area contributed by atoms with E-state index in [4.69, 9.17) is 0 Å². The molecule has 0 aliphatic heterocycles. The molecule has 0 fully saturated rings. The van der Waals surface area contributed by atoms with Crippen LogP contribution in [0.3, 0.4) is 0 Å². The fourth-order valence-electron chi connectivity index (χ4n) is 2.04. The predicted octanol–water partition coefficient (Wildman–Crippen LogP) is 4.80. The molecule has 0 aromatic heterocycles. The monoisotopic (exact) mass is 307 g/mol. The third-order valence-corrected chi connectivity index (χ3v) is 4.28. The lowest BCUT2D eigenvalue weighted by atomic mass is 10.1. The molecule has 0 bridgehead atoms. The van der Waals surface area contributed by atoms with E-state index < -0.39 is 11.6 Å². The van der Waals surface area contributed by atoms with E-state index in [9.17, 15) is 8.78 Å². The zero-order chi connectivity index (χ0) is 15.1. The number of nitrogens with one attached hydrogen (secondary N) is 1. The highest BCUT2D eigenvalue weighted by atomic mass is 32.2. The molecule has 21 heavy (non-hydrogen) atoms. The molecule has 1 unspecified atom stereocenters. The first-order chi connectivity index (χ1) is 10.2. The first-order valence-corrected chi connectivity index (χ1v) is 8.05. The van der Waals surface area contributed by atoms with E-state index in [2.05, 4.69) is 24.4 Å². The van der Waals surface area contributed by atoms with E-state index in [1.807, 2.05) is 18.2 Å². The molecule has 0 saturated carbocycles. The van der Waals surface area contributed by atoms with Gasteiger partial charge in [-0.3, -0.25) is 0 Å². The SMILES string of the molecule is CCCNC(CSc1ccc(F)cc1F)c1ccccc1. The summed E-state index contributed by atoms with van der Waals surface area (Å²) >= 11 is 1.40. The lowest BCUT2D eigenvalue weighted by Gasteiger charge is -2.18. The van der Waals surface area contributed by atoms with Crippen molar-refractivity contribution in [1.82, 2.24) is 5.32 Å². The summed E-state index contributed by atoms with van der Waals surface area (Å²) in [4.78, 5) is 0.482. The standard InChI is InChI=1S/C17H19F2NS/c1-2-10-20-16(13-6-4-3-5-7-13)12-21-17-9-8-14(18)11-15(17)19/h3-9,11,16,20H,2,10,12H2,1H3. The van der Waals surface area contributed by atoms with Gasteiger partial charge in [0, 0.05) is 22.8 Å². The normalized spacial score (nSPS) is 12.3. The van der Waals surface area contributed by atoms with Gasteiger partial charge < -0.3 is 5.32 Å². The summed E-state index contributed by atoms with van der Waals surface area (Å²) in [7, 11) is 0. The van der Waals surface area contributed by atoms with Crippen LogP contribution in [0.15, 0.2) is 53.4 Å². The number of halogens is 2. The van der Waals surface area contributed by atoms with Crippen molar-refractivity contribution >= 4 is 11.8 Å². The third kappa shape index (κ3) is 4.83. The Kier molecular flexibility index (Phi) is 6.21. The first kappa shape index (κ1) is 16.0. The summed E-state index contributed by atoms with van der Waals surface area (Å²) < 4.78 is 26.6. The van der Waals surface area contributed by atoms with E-state index in [1.165, 1.54) is 29.5 Å². The summed E-state index contributed by atoms with van der Waals surface area (Å²) in [5.74, 6) is -0.338. The molecule has 2 rings (SSSR count). The lowest BCUT2D eigenvalue weighted by Crippen LogP contribution is -2.24. The van der Waals surface area contributed by atoms with Crippen LogP contribution in [0.5, 0.6) is 0 Å². The van der Waals surface area contributed by atoms with Crippen LogP contribution in [0.4, 0.5) is 8.78 Å². The van der Waals surface area contributed by atoms with Crippen LogP contribution < -0.4 is 5.32 Å².